The summed E-state index contributed by atoms with van der Waals surface area (Å²) in [5, 5.41) is 1.01. The molecule has 2 rings (SSSR count). The Morgan fingerprint density at radius 1 is 1.31 bits per heavy atom. The molecule has 1 atom stereocenters. The van der Waals surface area contributed by atoms with Crippen LogP contribution in [0.4, 0.5) is 0 Å². The number of carbonyl (C=O) groups excluding carboxylic acids is 1. The van der Waals surface area contributed by atoms with Crippen molar-refractivity contribution in [2.75, 3.05) is 44.7 Å². The van der Waals surface area contributed by atoms with E-state index in [2.05, 4.69) is 20.8 Å². The highest BCUT2D eigenvalue weighted by atomic mass is 79.9. The van der Waals surface area contributed by atoms with E-state index in [0.29, 0.717) is 0 Å². The molecule has 0 radical (unpaired) electrons. The maximum atomic E-state index is 12.0. The molecule has 2 aliphatic heterocycles. The minimum Gasteiger partial charge on any atom is -0.368 e. The lowest BCUT2D eigenvalue weighted by Crippen LogP contribution is -2.51. The number of hydrogen-bond donors (Lipinski definition) is 0. The van der Waals surface area contributed by atoms with Crippen molar-refractivity contribution in [3.63, 3.8) is 0 Å². The first kappa shape index (κ1) is 12.3. The maximum absolute atomic E-state index is 12.0. The third-order valence-electron chi connectivity index (χ3n) is 3.29. The van der Waals surface area contributed by atoms with Gasteiger partial charge in [-0.15, -0.1) is 0 Å². The van der Waals surface area contributed by atoms with Crippen molar-refractivity contribution < 1.29 is 9.53 Å². The highest BCUT2D eigenvalue weighted by molar-refractivity contribution is 9.09. The highest BCUT2D eigenvalue weighted by Gasteiger charge is 2.29. The topological polar surface area (TPSA) is 32.8 Å². The summed E-state index contributed by atoms with van der Waals surface area (Å²) in [5.74, 6) is 0.205. The Balaban J connectivity index is 1.77. The fourth-order valence-corrected chi connectivity index (χ4v) is 2.79. The third-order valence-corrected chi connectivity index (χ3v) is 3.64. The zero-order valence-corrected chi connectivity index (χ0v) is 11.1. The molecule has 5 heteroatoms. The molecule has 2 aliphatic rings. The van der Waals surface area contributed by atoms with Gasteiger partial charge in [0.25, 0.3) is 5.91 Å². The summed E-state index contributed by atoms with van der Waals surface area (Å²) in [6, 6.07) is 0. The first-order valence-corrected chi connectivity index (χ1v) is 7.12. The lowest BCUT2D eigenvalue weighted by molar-refractivity contribution is -0.142. The first-order chi connectivity index (χ1) is 7.81. The van der Waals surface area contributed by atoms with Crippen molar-refractivity contribution in [1.29, 1.82) is 0 Å². The zero-order chi connectivity index (χ0) is 11.4. The van der Waals surface area contributed by atoms with E-state index in [1.54, 1.807) is 0 Å². The van der Waals surface area contributed by atoms with E-state index >= 15 is 0 Å². The standard InChI is InChI=1S/C11H19BrN2O2/c12-3-4-13-5-7-14(8-6-13)11(15)10-2-1-9-16-10/h10H,1-9H2. The van der Waals surface area contributed by atoms with Gasteiger partial charge in [0.2, 0.25) is 0 Å². The number of nitrogens with zero attached hydrogens (tertiary/aromatic N) is 2. The predicted molar refractivity (Wildman–Crippen MR) is 65.8 cm³/mol. The molecular formula is C11H19BrN2O2. The number of halogens is 1. The molecule has 0 spiro atoms. The number of carbonyl (C=O) groups is 1. The SMILES string of the molecule is O=C(C1CCCO1)N1CCN(CCBr)CC1. The molecule has 1 unspecified atom stereocenters. The Labute approximate surface area is 105 Å². The van der Waals surface area contributed by atoms with Crippen LogP contribution in [0, 0.1) is 0 Å². The second-order valence-electron chi connectivity index (χ2n) is 4.36. The van der Waals surface area contributed by atoms with Gasteiger partial charge in [0.05, 0.1) is 0 Å². The van der Waals surface area contributed by atoms with Crippen LogP contribution in [0.15, 0.2) is 0 Å². The van der Waals surface area contributed by atoms with Gasteiger partial charge >= 0.3 is 0 Å². The summed E-state index contributed by atoms with van der Waals surface area (Å²) in [6.07, 6.45) is 1.78. The molecule has 2 heterocycles. The fraction of sp³-hybridized carbons (Fsp3) is 0.909. The summed E-state index contributed by atoms with van der Waals surface area (Å²) in [6.45, 7) is 5.51. The van der Waals surface area contributed by atoms with Gasteiger partial charge in [-0.1, -0.05) is 15.9 Å². The molecule has 2 fully saturated rings. The van der Waals surface area contributed by atoms with E-state index in [4.69, 9.17) is 4.74 Å². The summed E-state index contributed by atoms with van der Waals surface area (Å²) < 4.78 is 5.43. The van der Waals surface area contributed by atoms with Crippen LogP contribution in [0.2, 0.25) is 0 Å². The number of hydrogen-bond acceptors (Lipinski definition) is 3. The average Bonchev–Trinajstić information content (AvgIpc) is 2.83. The third kappa shape index (κ3) is 2.96. The zero-order valence-electron chi connectivity index (χ0n) is 9.53. The molecule has 1 amide bonds. The van der Waals surface area contributed by atoms with Crippen molar-refractivity contribution in [2.24, 2.45) is 0 Å². The van der Waals surface area contributed by atoms with Gasteiger partial charge in [-0.05, 0) is 12.8 Å². The van der Waals surface area contributed by atoms with Gasteiger partial charge < -0.3 is 9.64 Å². The molecule has 0 bridgehead atoms. The van der Waals surface area contributed by atoms with Crippen LogP contribution < -0.4 is 0 Å². The summed E-state index contributed by atoms with van der Waals surface area (Å²) in [5.41, 5.74) is 0. The highest BCUT2D eigenvalue weighted by Crippen LogP contribution is 2.15. The number of alkyl halides is 1. The van der Waals surface area contributed by atoms with Crippen LogP contribution in [0.25, 0.3) is 0 Å². The molecule has 0 N–H and O–H groups in total. The molecule has 0 aromatic heterocycles. The number of ether oxygens (including phenoxy) is 1. The molecule has 16 heavy (non-hydrogen) atoms. The summed E-state index contributed by atoms with van der Waals surface area (Å²) >= 11 is 3.44. The Hall–Kier alpha value is -0.130. The number of rotatable bonds is 3. The fourth-order valence-electron chi connectivity index (χ4n) is 2.29. The monoisotopic (exact) mass is 290 g/mol. The second-order valence-corrected chi connectivity index (χ2v) is 5.15. The van der Waals surface area contributed by atoms with Crippen LogP contribution >= 0.6 is 15.9 Å². The van der Waals surface area contributed by atoms with E-state index < -0.39 is 0 Å². The molecule has 92 valence electrons. The van der Waals surface area contributed by atoms with Crippen molar-refractivity contribution in [1.82, 2.24) is 9.80 Å². The average molecular weight is 291 g/mol. The molecule has 0 aromatic carbocycles. The van der Waals surface area contributed by atoms with Crippen LogP contribution in [0.5, 0.6) is 0 Å². The van der Waals surface area contributed by atoms with Gasteiger partial charge in [-0.3, -0.25) is 9.69 Å². The lowest BCUT2D eigenvalue weighted by Gasteiger charge is -2.35. The van der Waals surface area contributed by atoms with Gasteiger partial charge in [-0.25, -0.2) is 0 Å². The van der Waals surface area contributed by atoms with E-state index in [1.165, 1.54) is 0 Å². The maximum Gasteiger partial charge on any atom is 0.251 e. The molecule has 2 saturated heterocycles. The Morgan fingerprint density at radius 2 is 2.06 bits per heavy atom. The van der Waals surface area contributed by atoms with Gasteiger partial charge in [0.15, 0.2) is 0 Å². The Morgan fingerprint density at radius 3 is 2.62 bits per heavy atom. The Kier molecular flexibility index (Phi) is 4.61. The van der Waals surface area contributed by atoms with Crippen molar-refractivity contribution in [3.05, 3.63) is 0 Å². The molecule has 0 aromatic rings. The quantitative estimate of drug-likeness (QED) is 0.718. The second kappa shape index (κ2) is 5.98. The van der Waals surface area contributed by atoms with E-state index in [-0.39, 0.29) is 12.0 Å². The van der Waals surface area contributed by atoms with E-state index in [0.717, 1.165) is 57.5 Å². The van der Waals surface area contributed by atoms with Crippen LogP contribution in [0.1, 0.15) is 12.8 Å². The molecule has 0 aliphatic carbocycles. The lowest BCUT2D eigenvalue weighted by atomic mass is 10.2. The smallest absolute Gasteiger partial charge is 0.251 e. The van der Waals surface area contributed by atoms with Crippen LogP contribution in [-0.2, 0) is 9.53 Å². The van der Waals surface area contributed by atoms with Gasteiger partial charge in [0, 0.05) is 44.7 Å². The normalized spacial score (nSPS) is 27.3. The minimum atomic E-state index is -0.150. The molecule has 4 nitrogen and oxygen atoms in total. The van der Waals surface area contributed by atoms with Crippen LogP contribution in [0.3, 0.4) is 0 Å². The predicted octanol–water partition coefficient (Wildman–Crippen LogP) is 0.705. The molecular weight excluding hydrogens is 272 g/mol. The van der Waals surface area contributed by atoms with Crippen molar-refractivity contribution in [2.45, 2.75) is 18.9 Å². The number of amides is 1. The first-order valence-electron chi connectivity index (χ1n) is 6.00. The van der Waals surface area contributed by atoms with Crippen molar-refractivity contribution >= 4 is 21.8 Å². The van der Waals surface area contributed by atoms with E-state index in [9.17, 15) is 4.79 Å². The molecule has 0 saturated carbocycles. The number of piperazine rings is 1. The van der Waals surface area contributed by atoms with E-state index in [1.807, 2.05) is 4.90 Å². The summed E-state index contributed by atoms with van der Waals surface area (Å²) in [7, 11) is 0. The van der Waals surface area contributed by atoms with Gasteiger partial charge in [-0.2, -0.15) is 0 Å². The minimum absolute atomic E-state index is 0.150. The van der Waals surface area contributed by atoms with Gasteiger partial charge in [0.1, 0.15) is 6.10 Å². The van der Waals surface area contributed by atoms with Crippen LogP contribution in [-0.4, -0.2) is 66.5 Å². The Bertz CT molecular complexity index is 236. The van der Waals surface area contributed by atoms with Crippen molar-refractivity contribution in [3.8, 4) is 0 Å². The largest absolute Gasteiger partial charge is 0.368 e. The summed E-state index contributed by atoms with van der Waals surface area (Å²) in [4.78, 5) is 16.4.